The zero-order valence-corrected chi connectivity index (χ0v) is 17.3. The van der Waals surface area contributed by atoms with Crippen LogP contribution in [0.25, 0.3) is 6.08 Å². The van der Waals surface area contributed by atoms with Crippen molar-refractivity contribution < 1.29 is 24.0 Å². The van der Waals surface area contributed by atoms with E-state index in [1.807, 2.05) is 30.3 Å². The molecular formula is C23H19N3O6. The fourth-order valence-corrected chi connectivity index (χ4v) is 5.23. The third-order valence-electron chi connectivity index (χ3n) is 6.49. The van der Waals surface area contributed by atoms with E-state index < -0.39 is 40.7 Å². The van der Waals surface area contributed by atoms with Crippen molar-refractivity contribution in [2.45, 2.75) is 19.0 Å². The molecule has 32 heavy (non-hydrogen) atoms. The van der Waals surface area contributed by atoms with Crippen LogP contribution in [0, 0.1) is 22.0 Å². The van der Waals surface area contributed by atoms with E-state index in [2.05, 4.69) is 0 Å². The summed E-state index contributed by atoms with van der Waals surface area (Å²) in [5, 5.41) is 11.3. The second kappa shape index (κ2) is 7.01. The quantitative estimate of drug-likeness (QED) is 0.414. The summed E-state index contributed by atoms with van der Waals surface area (Å²) in [6.07, 6.45) is 3.65. The van der Waals surface area contributed by atoms with Crippen molar-refractivity contribution in [2.24, 2.45) is 11.8 Å². The van der Waals surface area contributed by atoms with Crippen LogP contribution in [0.1, 0.15) is 24.1 Å². The van der Waals surface area contributed by atoms with Gasteiger partial charge in [0.15, 0.2) is 5.78 Å². The number of carbonyl (C=O) groups excluding carboxylic acids is 3. The third-order valence-corrected chi connectivity index (χ3v) is 6.49. The van der Waals surface area contributed by atoms with Crippen molar-refractivity contribution in [3.05, 3.63) is 69.9 Å². The van der Waals surface area contributed by atoms with Gasteiger partial charge in [0, 0.05) is 18.3 Å². The number of rotatable bonds is 4. The lowest BCUT2D eigenvalue weighted by molar-refractivity contribution is -0.384. The Morgan fingerprint density at radius 1 is 1.09 bits per heavy atom. The fourth-order valence-electron chi connectivity index (χ4n) is 5.23. The van der Waals surface area contributed by atoms with Gasteiger partial charge in [-0.2, -0.15) is 0 Å². The normalized spacial score (nSPS) is 25.4. The number of non-ortho nitro benzene ring substituents is 1. The van der Waals surface area contributed by atoms with Gasteiger partial charge in [-0.25, -0.2) is 4.90 Å². The van der Waals surface area contributed by atoms with Gasteiger partial charge < -0.3 is 9.64 Å². The summed E-state index contributed by atoms with van der Waals surface area (Å²) in [6, 6.07) is 10.0. The molecule has 0 bridgehead atoms. The van der Waals surface area contributed by atoms with Gasteiger partial charge in [0.2, 0.25) is 11.8 Å². The minimum atomic E-state index is -0.898. The third kappa shape index (κ3) is 2.60. The van der Waals surface area contributed by atoms with Crippen molar-refractivity contribution in [2.75, 3.05) is 12.0 Å². The highest BCUT2D eigenvalue weighted by Crippen LogP contribution is 2.54. The average molecular weight is 433 g/mol. The van der Waals surface area contributed by atoms with Crippen LogP contribution in [0.5, 0.6) is 5.75 Å². The van der Waals surface area contributed by atoms with Gasteiger partial charge in [-0.05, 0) is 30.2 Å². The first-order valence-electron chi connectivity index (χ1n) is 10.1. The molecule has 9 nitrogen and oxygen atoms in total. The van der Waals surface area contributed by atoms with Gasteiger partial charge in [-0.1, -0.05) is 24.3 Å². The van der Waals surface area contributed by atoms with Gasteiger partial charge in [0.1, 0.15) is 11.4 Å². The van der Waals surface area contributed by atoms with Crippen molar-refractivity contribution >= 4 is 35.0 Å². The maximum Gasteiger partial charge on any atom is 0.271 e. The number of anilines is 1. The molecule has 3 heterocycles. The van der Waals surface area contributed by atoms with Crippen LogP contribution >= 0.6 is 0 Å². The molecule has 0 spiro atoms. The van der Waals surface area contributed by atoms with Gasteiger partial charge in [0.05, 0.1) is 36.0 Å². The number of methoxy groups -OCH3 is 1. The first kappa shape index (κ1) is 19.9. The highest BCUT2D eigenvalue weighted by atomic mass is 16.6. The Morgan fingerprint density at radius 3 is 2.50 bits per heavy atom. The molecule has 3 aliphatic rings. The Bertz CT molecular complexity index is 1220. The SMILES string of the molecule is COc1ccc([N+](=O)[O-])cc1N1C(=O)C2C(C1=O)C1c3ccccc3C=CN1C2C(C)=O. The van der Waals surface area contributed by atoms with Gasteiger partial charge in [-0.3, -0.25) is 24.5 Å². The summed E-state index contributed by atoms with van der Waals surface area (Å²) in [6.45, 7) is 1.41. The number of nitro benzene ring substituents is 1. The predicted molar refractivity (Wildman–Crippen MR) is 114 cm³/mol. The van der Waals surface area contributed by atoms with Gasteiger partial charge >= 0.3 is 0 Å². The van der Waals surface area contributed by atoms with Crippen LogP contribution in [-0.4, -0.2) is 40.6 Å². The molecule has 3 aliphatic heterocycles. The number of hydrogen-bond donors (Lipinski definition) is 0. The lowest BCUT2D eigenvalue weighted by Crippen LogP contribution is -2.43. The number of imide groups is 1. The highest BCUT2D eigenvalue weighted by Gasteiger charge is 2.64. The Morgan fingerprint density at radius 2 is 1.81 bits per heavy atom. The predicted octanol–water partition coefficient (Wildman–Crippen LogP) is 2.71. The number of fused-ring (bicyclic) bond motifs is 5. The summed E-state index contributed by atoms with van der Waals surface area (Å²) in [5.74, 6) is -2.81. The first-order chi connectivity index (χ1) is 15.3. The number of Topliss-reactive ketones (excluding diaryl/α,β-unsaturated/α-hetero) is 1. The molecule has 0 N–H and O–H groups in total. The van der Waals surface area contributed by atoms with E-state index in [0.29, 0.717) is 0 Å². The first-order valence-corrected chi connectivity index (χ1v) is 10.1. The molecule has 2 amide bonds. The number of carbonyl (C=O) groups is 3. The number of hydrogen-bond acceptors (Lipinski definition) is 7. The highest BCUT2D eigenvalue weighted by molar-refractivity contribution is 6.24. The number of ketones is 1. The molecule has 5 rings (SSSR count). The summed E-state index contributed by atoms with van der Waals surface area (Å²) in [7, 11) is 1.36. The number of nitro groups is 1. The minimum absolute atomic E-state index is 0.0135. The molecule has 2 aromatic rings. The van der Waals surface area contributed by atoms with Gasteiger partial charge in [0.25, 0.3) is 5.69 Å². The van der Waals surface area contributed by atoms with Crippen LogP contribution in [-0.2, 0) is 14.4 Å². The Hall–Kier alpha value is -4.01. The smallest absolute Gasteiger partial charge is 0.271 e. The summed E-state index contributed by atoms with van der Waals surface area (Å²) in [4.78, 5) is 53.4. The standard InChI is InChI=1S/C23H19N3O6/c1-12(27)20-18-19(21-15-6-4-3-5-13(15)9-10-24(20)21)23(29)25(22(18)28)16-11-14(26(30)31)7-8-17(16)32-2/h3-11,18-21H,1-2H3. The molecule has 0 radical (unpaired) electrons. The largest absolute Gasteiger partial charge is 0.495 e. The minimum Gasteiger partial charge on any atom is -0.495 e. The second-order valence-electron chi connectivity index (χ2n) is 8.07. The number of ether oxygens (including phenoxy) is 1. The van der Waals surface area contributed by atoms with Crippen LogP contribution < -0.4 is 9.64 Å². The Labute approximate surface area is 183 Å². The topological polar surface area (TPSA) is 110 Å². The lowest BCUT2D eigenvalue weighted by Gasteiger charge is -2.35. The van der Waals surface area contributed by atoms with E-state index in [0.717, 1.165) is 22.1 Å². The molecule has 0 aromatic heterocycles. The maximum absolute atomic E-state index is 13.7. The van der Waals surface area contributed by atoms with Crippen LogP contribution in [0.3, 0.4) is 0 Å². The molecule has 2 saturated heterocycles. The van der Waals surface area contributed by atoms with E-state index in [1.54, 1.807) is 11.1 Å². The zero-order chi connectivity index (χ0) is 22.7. The fraction of sp³-hybridized carbons (Fsp3) is 0.261. The van der Waals surface area contributed by atoms with E-state index in [9.17, 15) is 24.5 Å². The van der Waals surface area contributed by atoms with E-state index in [-0.39, 0.29) is 22.9 Å². The number of amides is 2. The van der Waals surface area contributed by atoms with E-state index >= 15 is 0 Å². The van der Waals surface area contributed by atoms with Crippen molar-refractivity contribution in [1.82, 2.24) is 4.90 Å². The van der Waals surface area contributed by atoms with Gasteiger partial charge in [-0.15, -0.1) is 0 Å². The molecule has 4 atom stereocenters. The van der Waals surface area contributed by atoms with Crippen LogP contribution in [0.15, 0.2) is 48.7 Å². The van der Waals surface area contributed by atoms with Crippen molar-refractivity contribution in [1.29, 1.82) is 0 Å². The molecule has 2 aromatic carbocycles. The lowest BCUT2D eigenvalue weighted by atomic mass is 9.84. The Balaban J connectivity index is 1.66. The molecule has 2 fully saturated rings. The number of nitrogens with zero attached hydrogens (tertiary/aromatic N) is 3. The molecule has 162 valence electrons. The summed E-state index contributed by atoms with van der Waals surface area (Å²) in [5.41, 5.74) is 1.53. The van der Waals surface area contributed by atoms with Crippen LogP contribution in [0.2, 0.25) is 0 Å². The zero-order valence-electron chi connectivity index (χ0n) is 17.3. The Kier molecular flexibility index (Phi) is 4.37. The summed E-state index contributed by atoms with van der Waals surface area (Å²) < 4.78 is 5.29. The average Bonchev–Trinajstić information content (AvgIpc) is 3.26. The van der Waals surface area contributed by atoms with E-state index in [4.69, 9.17) is 4.74 Å². The molecule has 9 heteroatoms. The molecular weight excluding hydrogens is 414 g/mol. The monoisotopic (exact) mass is 433 g/mol. The maximum atomic E-state index is 13.7. The molecule has 0 aliphatic carbocycles. The molecule has 4 unspecified atom stereocenters. The summed E-state index contributed by atoms with van der Waals surface area (Å²) >= 11 is 0. The second-order valence-corrected chi connectivity index (χ2v) is 8.07. The van der Waals surface area contributed by atoms with E-state index in [1.165, 1.54) is 26.2 Å². The molecule has 0 saturated carbocycles. The van der Waals surface area contributed by atoms with Crippen LogP contribution in [0.4, 0.5) is 11.4 Å². The number of benzene rings is 2. The van der Waals surface area contributed by atoms with Crippen molar-refractivity contribution in [3.8, 4) is 5.75 Å². The van der Waals surface area contributed by atoms with Crippen molar-refractivity contribution in [3.63, 3.8) is 0 Å².